The highest BCUT2D eigenvalue weighted by Gasteiger charge is 2.32. The summed E-state index contributed by atoms with van der Waals surface area (Å²) in [6.07, 6.45) is 3.67. The van der Waals surface area contributed by atoms with Gasteiger partial charge in [-0.15, -0.1) is 0 Å². The highest BCUT2D eigenvalue weighted by molar-refractivity contribution is 6.30. The number of rotatable bonds is 12. The number of halogens is 1. The number of pyridine rings is 1. The van der Waals surface area contributed by atoms with Crippen molar-refractivity contribution in [3.63, 3.8) is 0 Å². The van der Waals surface area contributed by atoms with E-state index in [2.05, 4.69) is 67.1 Å². The molecule has 192 valence electrons. The van der Waals surface area contributed by atoms with E-state index in [0.29, 0.717) is 29.1 Å². The Morgan fingerprint density at radius 2 is 2.00 bits per heavy atom. The number of nitrogens with zero attached hydrogens (tertiary/aromatic N) is 3. The number of ether oxygens (including phenoxy) is 2. The minimum atomic E-state index is -0.216. The maximum atomic E-state index is 12.6. The predicted octanol–water partition coefficient (Wildman–Crippen LogP) is 4.50. The fourth-order valence-electron chi connectivity index (χ4n) is 4.47. The number of amides is 1. The standard InChI is InChI=1S/C27H39ClN4O3/c1-18-19(2)25(35-12-8-7-11-31(4)5)10-9-23(18)20(3)32-16-21(17-32)14-29-26(33)24-13-22(28)15-30-27(24)34-6/h9-10,13,15,20-21H,7-8,11-12,14,16-17H2,1-6H3,(H,29,33). The molecule has 1 unspecified atom stereocenters. The fraction of sp³-hybridized carbons (Fsp3) is 0.556. The molecule has 0 radical (unpaired) electrons. The van der Waals surface area contributed by atoms with Gasteiger partial charge in [-0.25, -0.2) is 4.98 Å². The van der Waals surface area contributed by atoms with Crippen LogP contribution in [0.15, 0.2) is 24.4 Å². The van der Waals surface area contributed by atoms with Crippen LogP contribution in [0.2, 0.25) is 5.02 Å². The Morgan fingerprint density at radius 3 is 2.69 bits per heavy atom. The first-order chi connectivity index (χ1) is 16.7. The number of hydrogen-bond donors (Lipinski definition) is 1. The lowest BCUT2D eigenvalue weighted by Crippen LogP contribution is -2.52. The molecule has 0 bridgehead atoms. The second kappa shape index (κ2) is 12.6. The molecule has 0 spiro atoms. The van der Waals surface area contributed by atoms with Crippen LogP contribution in [0.4, 0.5) is 0 Å². The van der Waals surface area contributed by atoms with Gasteiger partial charge in [-0.2, -0.15) is 0 Å². The van der Waals surface area contributed by atoms with E-state index in [9.17, 15) is 4.79 Å². The third-order valence-electron chi connectivity index (χ3n) is 6.83. The molecule has 1 N–H and O–H groups in total. The second-order valence-corrected chi connectivity index (χ2v) is 10.1. The summed E-state index contributed by atoms with van der Waals surface area (Å²) in [6.45, 7) is 10.9. The summed E-state index contributed by atoms with van der Waals surface area (Å²) in [7, 11) is 5.69. The number of methoxy groups -OCH3 is 1. The number of hydrogen-bond acceptors (Lipinski definition) is 6. The van der Waals surface area contributed by atoms with Crippen LogP contribution in [-0.2, 0) is 0 Å². The monoisotopic (exact) mass is 502 g/mol. The summed E-state index contributed by atoms with van der Waals surface area (Å²) >= 11 is 6.00. The molecule has 1 fully saturated rings. The summed E-state index contributed by atoms with van der Waals surface area (Å²) in [5.41, 5.74) is 4.20. The zero-order chi connectivity index (χ0) is 25.5. The minimum Gasteiger partial charge on any atom is -0.493 e. The van der Waals surface area contributed by atoms with E-state index in [0.717, 1.165) is 44.8 Å². The van der Waals surface area contributed by atoms with Gasteiger partial charge in [0.2, 0.25) is 5.88 Å². The highest BCUT2D eigenvalue weighted by atomic mass is 35.5. The quantitative estimate of drug-likeness (QED) is 0.431. The second-order valence-electron chi connectivity index (χ2n) is 9.68. The zero-order valence-corrected chi connectivity index (χ0v) is 22.6. The summed E-state index contributed by atoms with van der Waals surface area (Å²) in [6, 6.07) is 6.21. The molecular weight excluding hydrogens is 464 g/mol. The topological polar surface area (TPSA) is 66.9 Å². The van der Waals surface area contributed by atoms with E-state index >= 15 is 0 Å². The lowest BCUT2D eigenvalue weighted by Gasteiger charge is -2.44. The Balaban J connectivity index is 1.48. The van der Waals surface area contributed by atoms with Gasteiger partial charge >= 0.3 is 0 Å². The number of benzene rings is 1. The molecule has 1 aromatic carbocycles. The van der Waals surface area contributed by atoms with Crippen molar-refractivity contribution >= 4 is 17.5 Å². The number of unbranched alkanes of at least 4 members (excludes halogenated alkanes) is 1. The average Bonchev–Trinajstić information content (AvgIpc) is 2.79. The lowest BCUT2D eigenvalue weighted by atomic mass is 9.91. The molecule has 0 saturated carbocycles. The number of carbonyl (C=O) groups excluding carboxylic acids is 1. The molecule has 35 heavy (non-hydrogen) atoms. The van der Waals surface area contributed by atoms with Crippen molar-refractivity contribution in [1.82, 2.24) is 20.1 Å². The molecule has 1 aliphatic rings. The van der Waals surface area contributed by atoms with Crippen LogP contribution in [-0.4, -0.2) is 74.7 Å². The van der Waals surface area contributed by atoms with Crippen molar-refractivity contribution in [3.05, 3.63) is 51.7 Å². The maximum Gasteiger partial charge on any atom is 0.256 e. The van der Waals surface area contributed by atoms with E-state index in [1.165, 1.54) is 30.0 Å². The van der Waals surface area contributed by atoms with Crippen molar-refractivity contribution < 1.29 is 14.3 Å². The normalized spacial score (nSPS) is 15.1. The van der Waals surface area contributed by atoms with Gasteiger partial charge < -0.3 is 19.7 Å². The molecule has 1 aliphatic heterocycles. The lowest BCUT2D eigenvalue weighted by molar-refractivity contribution is 0.0569. The van der Waals surface area contributed by atoms with Crippen LogP contribution in [0.1, 0.15) is 52.9 Å². The first-order valence-electron chi connectivity index (χ1n) is 12.3. The van der Waals surface area contributed by atoms with Crippen molar-refractivity contribution in [1.29, 1.82) is 0 Å². The Bertz CT molecular complexity index is 1010. The smallest absolute Gasteiger partial charge is 0.256 e. The highest BCUT2D eigenvalue weighted by Crippen LogP contribution is 2.34. The van der Waals surface area contributed by atoms with E-state index < -0.39 is 0 Å². The first kappa shape index (κ1) is 27.2. The minimum absolute atomic E-state index is 0.216. The molecule has 0 aliphatic carbocycles. The Labute approximate surface area is 214 Å². The Kier molecular flexibility index (Phi) is 9.78. The summed E-state index contributed by atoms with van der Waals surface area (Å²) < 4.78 is 11.3. The largest absolute Gasteiger partial charge is 0.493 e. The van der Waals surface area contributed by atoms with Gasteiger partial charge in [-0.3, -0.25) is 9.69 Å². The van der Waals surface area contributed by atoms with Crippen LogP contribution >= 0.6 is 11.6 Å². The average molecular weight is 503 g/mol. The van der Waals surface area contributed by atoms with Gasteiger partial charge in [0.05, 0.1) is 18.7 Å². The van der Waals surface area contributed by atoms with Crippen LogP contribution in [0, 0.1) is 19.8 Å². The molecule has 1 aromatic heterocycles. The van der Waals surface area contributed by atoms with E-state index in [4.69, 9.17) is 21.1 Å². The molecule has 1 atom stereocenters. The van der Waals surface area contributed by atoms with E-state index in [1.807, 2.05) is 0 Å². The van der Waals surface area contributed by atoms with Crippen LogP contribution in [0.3, 0.4) is 0 Å². The predicted molar refractivity (Wildman–Crippen MR) is 141 cm³/mol. The van der Waals surface area contributed by atoms with Crippen LogP contribution < -0.4 is 14.8 Å². The first-order valence-corrected chi connectivity index (χ1v) is 12.7. The Morgan fingerprint density at radius 1 is 1.26 bits per heavy atom. The zero-order valence-electron chi connectivity index (χ0n) is 21.9. The molecule has 7 nitrogen and oxygen atoms in total. The number of nitrogens with one attached hydrogen (secondary N) is 1. The molecule has 2 aromatic rings. The number of likely N-dealkylation sites (tertiary alicyclic amines) is 1. The molecular formula is C27H39ClN4O3. The van der Waals surface area contributed by atoms with Crippen LogP contribution in [0.5, 0.6) is 11.6 Å². The fourth-order valence-corrected chi connectivity index (χ4v) is 4.63. The van der Waals surface area contributed by atoms with Crippen molar-refractivity contribution in [2.45, 2.75) is 39.7 Å². The van der Waals surface area contributed by atoms with Gasteiger partial charge in [-0.1, -0.05) is 17.7 Å². The van der Waals surface area contributed by atoms with Gasteiger partial charge in [0, 0.05) is 37.8 Å². The van der Waals surface area contributed by atoms with Gasteiger partial charge in [0.15, 0.2) is 0 Å². The number of carbonyl (C=O) groups is 1. The molecule has 1 amide bonds. The van der Waals surface area contributed by atoms with Crippen molar-refractivity contribution in [2.75, 3.05) is 54.0 Å². The van der Waals surface area contributed by atoms with Crippen LogP contribution in [0.25, 0.3) is 0 Å². The van der Waals surface area contributed by atoms with E-state index in [-0.39, 0.29) is 11.8 Å². The van der Waals surface area contributed by atoms with Gasteiger partial charge in [0.1, 0.15) is 11.3 Å². The molecule has 8 heteroatoms. The maximum absolute atomic E-state index is 12.6. The van der Waals surface area contributed by atoms with E-state index in [1.54, 1.807) is 6.07 Å². The molecule has 1 saturated heterocycles. The Hall–Kier alpha value is -2.35. The summed E-state index contributed by atoms with van der Waals surface area (Å²) in [5.74, 6) is 1.46. The third-order valence-corrected chi connectivity index (χ3v) is 7.03. The van der Waals surface area contributed by atoms with Crippen molar-refractivity contribution in [3.8, 4) is 11.6 Å². The summed E-state index contributed by atoms with van der Waals surface area (Å²) in [5, 5.41) is 3.41. The SMILES string of the molecule is COc1ncc(Cl)cc1C(=O)NCC1CN(C(C)c2ccc(OCCCCN(C)C)c(C)c2C)C1. The molecule has 2 heterocycles. The van der Waals surface area contributed by atoms with Gasteiger partial charge in [0.25, 0.3) is 5.91 Å². The third kappa shape index (κ3) is 7.09. The number of aromatic nitrogens is 1. The summed E-state index contributed by atoms with van der Waals surface area (Å²) in [4.78, 5) is 21.3. The van der Waals surface area contributed by atoms with Gasteiger partial charge in [-0.05, 0) is 83.1 Å². The van der Waals surface area contributed by atoms with Crippen molar-refractivity contribution in [2.24, 2.45) is 5.92 Å². The molecule has 3 rings (SSSR count).